The fourth-order valence-electron chi connectivity index (χ4n) is 2.58. The van der Waals surface area contributed by atoms with E-state index in [9.17, 15) is 0 Å². The number of hydrogen-bond donors (Lipinski definition) is 1. The summed E-state index contributed by atoms with van der Waals surface area (Å²) < 4.78 is 1.81. The second kappa shape index (κ2) is 6.37. The average molecular weight is 336 g/mol. The maximum absolute atomic E-state index is 4.35. The molecule has 24 heavy (non-hydrogen) atoms. The first-order valence-corrected chi connectivity index (χ1v) is 8.57. The molecule has 4 aromatic rings. The molecule has 6 nitrogen and oxygen atoms in total. The highest BCUT2D eigenvalue weighted by molar-refractivity contribution is 7.09. The predicted octanol–water partition coefficient (Wildman–Crippen LogP) is 3.50. The molecular formula is C17H16N6S. The highest BCUT2D eigenvalue weighted by atomic mass is 32.1. The first-order valence-electron chi connectivity index (χ1n) is 7.69. The normalized spacial score (nSPS) is 12.4. The molecule has 0 aliphatic rings. The van der Waals surface area contributed by atoms with Gasteiger partial charge in [0.1, 0.15) is 6.33 Å². The second-order valence-corrected chi connectivity index (χ2v) is 6.53. The molecule has 7 heteroatoms. The Morgan fingerprint density at radius 2 is 2.00 bits per heavy atom. The molecule has 0 spiro atoms. The lowest BCUT2D eigenvalue weighted by molar-refractivity contribution is 0.670. The zero-order chi connectivity index (χ0) is 16.4. The zero-order valence-electron chi connectivity index (χ0n) is 13.1. The fraction of sp³-hybridized carbons (Fsp3) is 0.176. The van der Waals surface area contributed by atoms with E-state index in [1.54, 1.807) is 22.3 Å². The zero-order valence-corrected chi connectivity index (χ0v) is 13.9. The van der Waals surface area contributed by atoms with E-state index >= 15 is 0 Å². The molecule has 0 fully saturated rings. The first-order chi connectivity index (χ1) is 11.8. The van der Waals surface area contributed by atoms with E-state index in [-0.39, 0.29) is 6.04 Å². The lowest BCUT2D eigenvalue weighted by Gasteiger charge is -2.14. The summed E-state index contributed by atoms with van der Waals surface area (Å²) in [5.74, 6) is 0.703. The van der Waals surface area contributed by atoms with Gasteiger partial charge >= 0.3 is 0 Å². The summed E-state index contributed by atoms with van der Waals surface area (Å²) in [5, 5.41) is 14.0. The lowest BCUT2D eigenvalue weighted by atomic mass is 10.1. The molecule has 1 aromatic carbocycles. The van der Waals surface area contributed by atoms with Gasteiger partial charge in [-0.25, -0.2) is 14.6 Å². The Balaban J connectivity index is 1.63. The van der Waals surface area contributed by atoms with Crippen LogP contribution in [0.3, 0.4) is 0 Å². The van der Waals surface area contributed by atoms with Crippen LogP contribution in [0.2, 0.25) is 0 Å². The van der Waals surface area contributed by atoms with Crippen LogP contribution < -0.4 is 5.32 Å². The molecule has 3 heterocycles. The van der Waals surface area contributed by atoms with Crippen molar-refractivity contribution in [1.29, 1.82) is 0 Å². The summed E-state index contributed by atoms with van der Waals surface area (Å²) in [7, 11) is 0. The van der Waals surface area contributed by atoms with Crippen molar-refractivity contribution in [2.24, 2.45) is 0 Å². The quantitative estimate of drug-likeness (QED) is 0.604. The number of hydrogen-bond acceptors (Lipinski definition) is 6. The van der Waals surface area contributed by atoms with Gasteiger partial charge in [0.15, 0.2) is 17.0 Å². The van der Waals surface area contributed by atoms with Crippen molar-refractivity contribution < 1.29 is 0 Å². The SMILES string of the molecule is CC(Nc1ncnc2c1nnn2Cc1cccs1)c1ccccc1. The van der Waals surface area contributed by atoms with E-state index < -0.39 is 0 Å². The minimum atomic E-state index is 0.117. The third-order valence-corrected chi connectivity index (χ3v) is 4.70. The summed E-state index contributed by atoms with van der Waals surface area (Å²) in [6, 6.07) is 14.5. The molecule has 1 atom stereocenters. The number of fused-ring (bicyclic) bond motifs is 1. The van der Waals surface area contributed by atoms with Gasteiger partial charge in [-0.1, -0.05) is 41.6 Å². The van der Waals surface area contributed by atoms with E-state index in [2.05, 4.69) is 56.1 Å². The topological polar surface area (TPSA) is 68.5 Å². The molecule has 0 saturated heterocycles. The van der Waals surface area contributed by atoms with Gasteiger partial charge in [0, 0.05) is 4.88 Å². The molecule has 0 amide bonds. The Morgan fingerprint density at radius 1 is 1.12 bits per heavy atom. The lowest BCUT2D eigenvalue weighted by Crippen LogP contribution is -2.09. The average Bonchev–Trinajstić information content (AvgIpc) is 3.27. The number of rotatable bonds is 5. The van der Waals surface area contributed by atoms with E-state index in [0.29, 0.717) is 17.9 Å². The van der Waals surface area contributed by atoms with Crippen LogP contribution in [0.1, 0.15) is 23.4 Å². The molecule has 0 radical (unpaired) electrons. The van der Waals surface area contributed by atoms with Gasteiger partial charge in [-0.2, -0.15) is 0 Å². The molecule has 4 rings (SSSR count). The van der Waals surface area contributed by atoms with Crippen LogP contribution in [-0.4, -0.2) is 25.0 Å². The highest BCUT2D eigenvalue weighted by Gasteiger charge is 2.14. The molecule has 0 bridgehead atoms. The van der Waals surface area contributed by atoms with Crippen molar-refractivity contribution in [2.75, 3.05) is 5.32 Å². The van der Waals surface area contributed by atoms with Gasteiger partial charge in [0.05, 0.1) is 12.6 Å². The highest BCUT2D eigenvalue weighted by Crippen LogP contribution is 2.23. The first kappa shape index (κ1) is 14.8. The Morgan fingerprint density at radius 3 is 2.79 bits per heavy atom. The van der Waals surface area contributed by atoms with Gasteiger partial charge < -0.3 is 5.32 Å². The Kier molecular flexibility index (Phi) is 3.92. The summed E-state index contributed by atoms with van der Waals surface area (Å²) in [4.78, 5) is 9.92. The number of aromatic nitrogens is 5. The number of nitrogens with one attached hydrogen (secondary N) is 1. The van der Waals surface area contributed by atoms with Crippen molar-refractivity contribution in [1.82, 2.24) is 25.0 Å². The Hall–Kier alpha value is -2.80. The van der Waals surface area contributed by atoms with Crippen LogP contribution in [0.25, 0.3) is 11.2 Å². The standard InChI is InChI=1S/C17H16N6S/c1-12(13-6-3-2-4-7-13)20-16-15-17(19-11-18-16)23(22-21-15)10-14-8-5-9-24-14/h2-9,11-12H,10H2,1H3,(H,18,19,20). The summed E-state index contributed by atoms with van der Waals surface area (Å²) in [5.41, 5.74) is 2.62. The maximum Gasteiger partial charge on any atom is 0.184 e. The van der Waals surface area contributed by atoms with Crippen molar-refractivity contribution in [3.63, 3.8) is 0 Å². The number of thiophene rings is 1. The predicted molar refractivity (Wildman–Crippen MR) is 95.0 cm³/mol. The second-order valence-electron chi connectivity index (χ2n) is 5.50. The van der Waals surface area contributed by atoms with Crippen LogP contribution in [0.5, 0.6) is 0 Å². The van der Waals surface area contributed by atoms with Crippen LogP contribution in [-0.2, 0) is 6.54 Å². The van der Waals surface area contributed by atoms with Crippen LogP contribution in [0.4, 0.5) is 5.82 Å². The third kappa shape index (κ3) is 2.85. The molecule has 1 unspecified atom stereocenters. The molecule has 0 saturated carbocycles. The third-order valence-electron chi connectivity index (χ3n) is 3.84. The van der Waals surface area contributed by atoms with Crippen LogP contribution in [0.15, 0.2) is 54.2 Å². The number of anilines is 1. The summed E-state index contributed by atoms with van der Waals surface area (Å²) in [6.45, 7) is 2.76. The number of nitrogens with zero attached hydrogens (tertiary/aromatic N) is 5. The Labute approximate surface area is 143 Å². The molecule has 1 N–H and O–H groups in total. The molecule has 120 valence electrons. The van der Waals surface area contributed by atoms with Gasteiger partial charge in [0.2, 0.25) is 0 Å². The molecule has 3 aromatic heterocycles. The van der Waals surface area contributed by atoms with E-state index in [1.165, 1.54) is 10.4 Å². The van der Waals surface area contributed by atoms with Crippen molar-refractivity contribution >= 4 is 28.3 Å². The minimum Gasteiger partial charge on any atom is -0.362 e. The Bertz CT molecular complexity index is 932. The van der Waals surface area contributed by atoms with Gasteiger partial charge in [-0.15, -0.1) is 16.4 Å². The van der Waals surface area contributed by atoms with Crippen molar-refractivity contribution in [3.8, 4) is 0 Å². The fourth-order valence-corrected chi connectivity index (χ4v) is 3.27. The molecule has 0 aliphatic heterocycles. The monoisotopic (exact) mass is 336 g/mol. The maximum atomic E-state index is 4.35. The van der Waals surface area contributed by atoms with E-state index in [0.717, 1.165) is 5.65 Å². The van der Waals surface area contributed by atoms with Gasteiger partial charge in [-0.05, 0) is 23.9 Å². The van der Waals surface area contributed by atoms with E-state index in [1.807, 2.05) is 24.3 Å². The summed E-state index contributed by atoms with van der Waals surface area (Å²) >= 11 is 1.69. The van der Waals surface area contributed by atoms with Gasteiger partial charge in [-0.3, -0.25) is 0 Å². The van der Waals surface area contributed by atoms with Crippen LogP contribution >= 0.6 is 11.3 Å². The van der Waals surface area contributed by atoms with Gasteiger partial charge in [0.25, 0.3) is 0 Å². The number of benzene rings is 1. The van der Waals surface area contributed by atoms with Crippen LogP contribution in [0, 0.1) is 0 Å². The molecular weight excluding hydrogens is 320 g/mol. The largest absolute Gasteiger partial charge is 0.362 e. The van der Waals surface area contributed by atoms with E-state index in [4.69, 9.17) is 0 Å². The summed E-state index contributed by atoms with van der Waals surface area (Å²) in [6.07, 6.45) is 1.55. The smallest absolute Gasteiger partial charge is 0.184 e. The molecule has 0 aliphatic carbocycles. The van der Waals surface area contributed by atoms with Crippen molar-refractivity contribution in [2.45, 2.75) is 19.5 Å². The minimum absolute atomic E-state index is 0.117. The van der Waals surface area contributed by atoms with Crippen molar-refractivity contribution in [3.05, 3.63) is 64.6 Å².